The van der Waals surface area contributed by atoms with Gasteiger partial charge in [0.15, 0.2) is 0 Å². The van der Waals surface area contributed by atoms with E-state index in [0.29, 0.717) is 13.2 Å². The van der Waals surface area contributed by atoms with Gasteiger partial charge in [0.2, 0.25) is 0 Å². The van der Waals surface area contributed by atoms with Gasteiger partial charge in [-0.1, -0.05) is 0 Å². The van der Waals surface area contributed by atoms with Crippen LogP contribution in [0.25, 0.3) is 0 Å². The smallest absolute Gasteiger partial charge is 0.320 e. The molecule has 3 fully saturated rings. The number of hydrogen-bond acceptors (Lipinski definition) is 7. The zero-order valence-electron chi connectivity index (χ0n) is 25.6. The molecule has 0 bridgehead atoms. The molecule has 3 aliphatic heterocycles. The van der Waals surface area contributed by atoms with Gasteiger partial charge in [-0.2, -0.15) is 0 Å². The molecule has 3 heterocycles. The summed E-state index contributed by atoms with van der Waals surface area (Å²) < 4.78 is 10.5. The Hall–Kier alpha value is -1.87. The van der Waals surface area contributed by atoms with Gasteiger partial charge >= 0.3 is 18.0 Å². The largest absolute Gasteiger partial charge is 0.465 e. The fraction of sp³-hybridized carbons (Fsp3) is 0.897. The van der Waals surface area contributed by atoms with Crippen molar-refractivity contribution in [3.8, 4) is 0 Å². The molecule has 0 atom stereocenters. The summed E-state index contributed by atoms with van der Waals surface area (Å²) in [6.45, 7) is 23.7. The highest BCUT2D eigenvalue weighted by molar-refractivity contribution is 5.77. The molecule has 9 nitrogen and oxygen atoms in total. The molecule has 0 aliphatic carbocycles. The van der Waals surface area contributed by atoms with E-state index in [1.165, 1.54) is 0 Å². The van der Waals surface area contributed by atoms with E-state index < -0.39 is 0 Å². The number of amides is 2. The Kier molecular flexibility index (Phi) is 8.84. The monoisotopic (exact) mass is 536 g/mol. The molecule has 0 aromatic heterocycles. The number of ether oxygens (including phenoxy) is 2. The zero-order valence-corrected chi connectivity index (χ0v) is 25.6. The third-order valence-electron chi connectivity index (χ3n) is 9.00. The van der Waals surface area contributed by atoms with E-state index in [0.717, 1.165) is 38.8 Å². The fourth-order valence-electron chi connectivity index (χ4n) is 7.75. The van der Waals surface area contributed by atoms with Crippen molar-refractivity contribution in [1.82, 2.24) is 19.6 Å². The van der Waals surface area contributed by atoms with Crippen LogP contribution in [0.4, 0.5) is 4.79 Å². The van der Waals surface area contributed by atoms with E-state index in [2.05, 4.69) is 75.0 Å². The van der Waals surface area contributed by atoms with Crippen molar-refractivity contribution in [2.45, 2.75) is 129 Å². The SMILES string of the molecule is CCOC(=O)CN1C(C)(C)CC(N2CCN(C3CC(C)(C)N(CC(=O)OCC)C(C)(C)C3)C2=O)CC1(C)C. The number of piperidine rings is 2. The Labute approximate surface area is 230 Å². The minimum Gasteiger partial charge on any atom is -0.465 e. The summed E-state index contributed by atoms with van der Waals surface area (Å²) in [5.74, 6) is -0.398. The average molecular weight is 537 g/mol. The lowest BCUT2D eigenvalue weighted by molar-refractivity contribution is -0.152. The second kappa shape index (κ2) is 11.0. The first-order chi connectivity index (χ1) is 17.4. The normalized spacial score (nSPS) is 26.0. The number of hydrogen-bond donors (Lipinski definition) is 0. The van der Waals surface area contributed by atoms with Crippen molar-refractivity contribution in [1.29, 1.82) is 0 Å². The van der Waals surface area contributed by atoms with Crippen LogP contribution in [-0.4, -0.2) is 111 Å². The van der Waals surface area contributed by atoms with Crippen LogP contribution in [-0.2, 0) is 19.1 Å². The van der Waals surface area contributed by atoms with Crippen LogP contribution in [0, 0.1) is 0 Å². The van der Waals surface area contributed by atoms with E-state index in [-0.39, 0.29) is 65.3 Å². The van der Waals surface area contributed by atoms with Crippen molar-refractivity contribution in [3.63, 3.8) is 0 Å². The standard InChI is InChI=1S/C29H52N4O5/c1-11-37-23(34)19-32-26(3,4)15-21(16-27(32,5)6)30-13-14-31(25(30)36)22-17-28(7,8)33(29(9,10)18-22)20-24(35)38-12-2/h21-22H,11-20H2,1-10H3. The number of carbonyl (C=O) groups excluding carboxylic acids is 3. The molecule has 3 aliphatic rings. The molecule has 3 saturated heterocycles. The molecular weight excluding hydrogens is 484 g/mol. The molecule has 0 saturated carbocycles. The van der Waals surface area contributed by atoms with Crippen LogP contribution < -0.4 is 0 Å². The molecule has 0 radical (unpaired) electrons. The van der Waals surface area contributed by atoms with Crippen LogP contribution in [0.5, 0.6) is 0 Å². The predicted octanol–water partition coefficient (Wildman–Crippen LogP) is 3.89. The second-order valence-corrected chi connectivity index (χ2v) is 13.8. The van der Waals surface area contributed by atoms with Crippen molar-refractivity contribution in [2.24, 2.45) is 0 Å². The molecule has 3 rings (SSSR count). The first-order valence-electron chi connectivity index (χ1n) is 14.4. The summed E-state index contributed by atoms with van der Waals surface area (Å²) in [5.41, 5.74) is -1.02. The average Bonchev–Trinajstić information content (AvgIpc) is 3.14. The number of likely N-dealkylation sites (tertiary alicyclic amines) is 2. The van der Waals surface area contributed by atoms with E-state index >= 15 is 0 Å². The topological polar surface area (TPSA) is 82.6 Å². The number of carbonyl (C=O) groups is 3. The quantitative estimate of drug-likeness (QED) is 0.435. The molecule has 2 amide bonds. The van der Waals surface area contributed by atoms with Gasteiger partial charge in [0.25, 0.3) is 0 Å². The molecule has 0 unspecified atom stereocenters. The van der Waals surface area contributed by atoms with Gasteiger partial charge in [0, 0.05) is 47.3 Å². The van der Waals surface area contributed by atoms with Crippen LogP contribution >= 0.6 is 0 Å². The van der Waals surface area contributed by atoms with E-state index in [9.17, 15) is 14.4 Å². The van der Waals surface area contributed by atoms with Crippen LogP contribution in [0.1, 0.15) is 94.9 Å². The van der Waals surface area contributed by atoms with Gasteiger partial charge in [0.1, 0.15) is 0 Å². The number of rotatable bonds is 8. The molecule has 0 aromatic carbocycles. The molecule has 9 heteroatoms. The lowest BCUT2D eigenvalue weighted by atomic mass is 9.76. The third-order valence-corrected chi connectivity index (χ3v) is 9.00. The Balaban J connectivity index is 1.73. The highest BCUT2D eigenvalue weighted by atomic mass is 16.5. The third kappa shape index (κ3) is 6.30. The van der Waals surface area contributed by atoms with Gasteiger partial charge in [-0.3, -0.25) is 19.4 Å². The molecular formula is C29H52N4O5. The minimum atomic E-state index is -0.255. The van der Waals surface area contributed by atoms with Crippen LogP contribution in [0.15, 0.2) is 0 Å². The van der Waals surface area contributed by atoms with E-state index in [4.69, 9.17) is 9.47 Å². The maximum Gasteiger partial charge on any atom is 0.320 e. The number of urea groups is 1. The molecule has 0 aromatic rings. The van der Waals surface area contributed by atoms with Crippen molar-refractivity contribution >= 4 is 18.0 Å². The van der Waals surface area contributed by atoms with Gasteiger partial charge in [0.05, 0.1) is 26.3 Å². The maximum atomic E-state index is 13.9. The lowest BCUT2D eigenvalue weighted by Crippen LogP contribution is -2.66. The summed E-state index contributed by atoms with van der Waals surface area (Å²) >= 11 is 0. The van der Waals surface area contributed by atoms with Gasteiger partial charge in [-0.25, -0.2) is 4.79 Å². The van der Waals surface area contributed by atoms with Gasteiger partial charge in [-0.15, -0.1) is 0 Å². The summed E-state index contributed by atoms with van der Waals surface area (Å²) in [6, 6.07) is 0.345. The highest BCUT2D eigenvalue weighted by Gasteiger charge is 2.53. The van der Waals surface area contributed by atoms with Crippen molar-refractivity contribution in [3.05, 3.63) is 0 Å². The summed E-state index contributed by atoms with van der Waals surface area (Å²) in [6.07, 6.45) is 3.24. The maximum absolute atomic E-state index is 13.9. The number of nitrogens with zero attached hydrogens (tertiary/aromatic N) is 4. The Morgan fingerprint density at radius 1 is 0.658 bits per heavy atom. The second-order valence-electron chi connectivity index (χ2n) is 13.8. The summed E-state index contributed by atoms with van der Waals surface area (Å²) in [7, 11) is 0. The number of esters is 2. The van der Waals surface area contributed by atoms with Gasteiger partial charge in [-0.05, 0) is 94.9 Å². The Morgan fingerprint density at radius 2 is 0.947 bits per heavy atom. The Morgan fingerprint density at radius 3 is 1.21 bits per heavy atom. The molecule has 218 valence electrons. The Bertz CT molecular complexity index is 793. The van der Waals surface area contributed by atoms with Gasteiger partial charge < -0.3 is 19.3 Å². The highest BCUT2D eigenvalue weighted by Crippen LogP contribution is 2.43. The van der Waals surface area contributed by atoms with E-state index in [1.807, 2.05) is 13.8 Å². The minimum absolute atomic E-state index is 0.112. The summed E-state index contributed by atoms with van der Waals surface area (Å²) in [4.78, 5) is 47.3. The summed E-state index contributed by atoms with van der Waals surface area (Å²) in [5, 5.41) is 0. The zero-order chi connectivity index (χ0) is 28.7. The van der Waals surface area contributed by atoms with Crippen molar-refractivity contribution in [2.75, 3.05) is 39.4 Å². The van der Waals surface area contributed by atoms with E-state index in [1.54, 1.807) is 0 Å². The van der Waals surface area contributed by atoms with Crippen LogP contribution in [0.3, 0.4) is 0 Å². The molecule has 0 N–H and O–H groups in total. The first kappa shape index (κ1) is 30.7. The van der Waals surface area contributed by atoms with Crippen LogP contribution in [0.2, 0.25) is 0 Å². The molecule has 38 heavy (non-hydrogen) atoms. The predicted molar refractivity (Wildman–Crippen MR) is 148 cm³/mol. The lowest BCUT2D eigenvalue weighted by Gasteiger charge is -2.57. The fourth-order valence-corrected chi connectivity index (χ4v) is 7.75. The first-order valence-corrected chi connectivity index (χ1v) is 14.4. The molecule has 0 spiro atoms. The van der Waals surface area contributed by atoms with Crippen molar-refractivity contribution < 1.29 is 23.9 Å².